The molecule has 1 aromatic carbocycles. The topological polar surface area (TPSA) is 59.9 Å². The summed E-state index contributed by atoms with van der Waals surface area (Å²) >= 11 is 6.93. The van der Waals surface area contributed by atoms with Crippen molar-refractivity contribution in [2.45, 2.75) is 35.8 Å². The molecule has 2 aromatic heterocycles. The van der Waals surface area contributed by atoms with Gasteiger partial charge in [-0.3, -0.25) is 0 Å². The van der Waals surface area contributed by atoms with E-state index in [2.05, 4.69) is 23.8 Å². The van der Waals surface area contributed by atoms with Crippen LogP contribution in [0.5, 0.6) is 0 Å². The fourth-order valence-electron chi connectivity index (χ4n) is 1.91. The number of benzene rings is 1. The quantitative estimate of drug-likeness (QED) is 0.374. The molecular weight excluding hydrogens is 395 g/mol. The molecule has 0 atom stereocenters. The summed E-state index contributed by atoms with van der Waals surface area (Å²) in [4.78, 5) is 8.93. The third kappa shape index (κ3) is 6.44. The first-order valence-electron chi connectivity index (χ1n) is 8.08. The van der Waals surface area contributed by atoms with Crippen LogP contribution in [0.1, 0.15) is 25.3 Å². The van der Waals surface area contributed by atoms with Gasteiger partial charge < -0.3 is 6.92 Å². The molecule has 0 aliphatic heterocycles. The standard InChI is InChI=1S/C15H11ClN2O2S2.C4H9.Li/c1-10-2-4-11(5-3-10)22(19,20)14-7-6-13(21-14)12-8-9-17-15(16)18-12;1-3-4-2;/h2-9H,1H3;1,3-4H2,2H3;/q;-1;+1. The number of sulfone groups is 1. The second kappa shape index (κ2) is 11.0. The van der Waals surface area contributed by atoms with Crippen molar-refractivity contribution in [3.05, 3.63) is 66.4 Å². The SMILES string of the molecule is Cc1ccc(S(=O)(=O)c2ccc(-c3ccnc(Cl)n3)s2)cc1.[CH2-]CCC.[Li+]. The van der Waals surface area contributed by atoms with Crippen LogP contribution in [0.2, 0.25) is 5.28 Å². The molecule has 27 heavy (non-hydrogen) atoms. The van der Waals surface area contributed by atoms with Gasteiger partial charge in [-0.2, -0.15) is 6.42 Å². The molecule has 0 aliphatic rings. The van der Waals surface area contributed by atoms with Crippen molar-refractivity contribution in [3.63, 3.8) is 0 Å². The number of halogens is 1. The Kier molecular flexibility index (Phi) is 9.72. The van der Waals surface area contributed by atoms with Crippen molar-refractivity contribution >= 4 is 32.8 Å². The molecule has 0 aliphatic carbocycles. The summed E-state index contributed by atoms with van der Waals surface area (Å²) in [6.45, 7) is 7.64. The van der Waals surface area contributed by atoms with E-state index in [1.54, 1.807) is 48.7 Å². The number of rotatable bonds is 4. The molecular formula is C19H20ClLiN2O2S2. The van der Waals surface area contributed by atoms with Crippen LogP contribution in [0.15, 0.2) is 57.8 Å². The Bertz CT molecular complexity index is 956. The molecule has 0 N–H and O–H groups in total. The van der Waals surface area contributed by atoms with E-state index in [0.717, 1.165) is 28.2 Å². The number of nitrogens with zero attached hydrogens (tertiary/aromatic N) is 2. The predicted octanol–water partition coefficient (Wildman–Crippen LogP) is 2.62. The van der Waals surface area contributed by atoms with Gasteiger partial charge in [0.25, 0.3) is 0 Å². The van der Waals surface area contributed by atoms with Crippen LogP contribution in [0, 0.1) is 13.8 Å². The van der Waals surface area contributed by atoms with Crippen LogP contribution in [0.3, 0.4) is 0 Å². The van der Waals surface area contributed by atoms with E-state index in [1.165, 1.54) is 6.42 Å². The number of aromatic nitrogens is 2. The fraction of sp³-hybridized carbons (Fsp3) is 0.211. The molecule has 2 heterocycles. The van der Waals surface area contributed by atoms with Gasteiger partial charge in [0.05, 0.1) is 15.5 Å². The first-order chi connectivity index (χ1) is 12.4. The van der Waals surface area contributed by atoms with Crippen LogP contribution in [-0.4, -0.2) is 18.4 Å². The van der Waals surface area contributed by atoms with Gasteiger partial charge in [0.2, 0.25) is 15.1 Å². The van der Waals surface area contributed by atoms with Crippen molar-refractivity contribution in [1.29, 1.82) is 0 Å². The summed E-state index contributed by atoms with van der Waals surface area (Å²) in [6.07, 6.45) is 3.82. The Hall–Kier alpha value is -1.16. The van der Waals surface area contributed by atoms with Crippen LogP contribution in [-0.2, 0) is 9.84 Å². The molecule has 0 bridgehead atoms. The Morgan fingerprint density at radius 2 is 1.74 bits per heavy atom. The maximum absolute atomic E-state index is 12.6. The minimum absolute atomic E-state index is 0. The molecule has 3 aromatic rings. The molecule has 0 saturated heterocycles. The predicted molar refractivity (Wildman–Crippen MR) is 107 cm³/mol. The molecule has 0 saturated carbocycles. The van der Waals surface area contributed by atoms with Crippen molar-refractivity contribution in [1.82, 2.24) is 9.97 Å². The normalized spacial score (nSPS) is 10.5. The van der Waals surface area contributed by atoms with Crippen LogP contribution in [0.25, 0.3) is 10.6 Å². The smallest absolute Gasteiger partial charge is 0.343 e. The Labute approximate surface area is 182 Å². The van der Waals surface area contributed by atoms with E-state index in [0.29, 0.717) is 5.69 Å². The van der Waals surface area contributed by atoms with Crippen LogP contribution < -0.4 is 18.9 Å². The Morgan fingerprint density at radius 3 is 2.30 bits per heavy atom. The van der Waals surface area contributed by atoms with Crippen LogP contribution in [0.4, 0.5) is 0 Å². The van der Waals surface area contributed by atoms with Gasteiger partial charge in [-0.25, -0.2) is 18.4 Å². The summed E-state index contributed by atoms with van der Waals surface area (Å²) in [5, 5.41) is 0.133. The zero-order chi connectivity index (χ0) is 19.2. The number of aryl methyl sites for hydroxylation is 1. The minimum Gasteiger partial charge on any atom is -0.343 e. The van der Waals surface area contributed by atoms with E-state index >= 15 is 0 Å². The van der Waals surface area contributed by atoms with Crippen molar-refractivity contribution in [2.24, 2.45) is 0 Å². The summed E-state index contributed by atoms with van der Waals surface area (Å²) in [5.74, 6) is 0. The molecule has 0 unspecified atom stereocenters. The molecule has 0 radical (unpaired) electrons. The molecule has 4 nitrogen and oxygen atoms in total. The van der Waals surface area contributed by atoms with Gasteiger partial charge in [-0.15, -0.1) is 11.3 Å². The van der Waals surface area contributed by atoms with Gasteiger partial charge in [0.1, 0.15) is 4.21 Å². The van der Waals surface area contributed by atoms with Gasteiger partial charge in [0.15, 0.2) is 0 Å². The van der Waals surface area contributed by atoms with Gasteiger partial charge >= 0.3 is 18.9 Å². The molecule has 0 spiro atoms. The zero-order valence-corrected chi connectivity index (χ0v) is 18.0. The second-order valence-electron chi connectivity index (χ2n) is 5.50. The molecule has 0 amide bonds. The van der Waals surface area contributed by atoms with Gasteiger partial charge in [-0.05, 0) is 48.9 Å². The van der Waals surface area contributed by atoms with E-state index in [-0.39, 0.29) is 33.2 Å². The number of thiophene rings is 1. The van der Waals surface area contributed by atoms with Crippen molar-refractivity contribution in [2.75, 3.05) is 0 Å². The van der Waals surface area contributed by atoms with Crippen molar-refractivity contribution < 1.29 is 27.3 Å². The van der Waals surface area contributed by atoms with E-state index in [4.69, 9.17) is 11.6 Å². The Morgan fingerprint density at radius 1 is 1.11 bits per heavy atom. The average molecular weight is 415 g/mol. The third-order valence-corrected chi connectivity index (χ3v) is 6.96. The molecule has 0 fully saturated rings. The van der Waals surface area contributed by atoms with E-state index in [1.807, 2.05) is 6.92 Å². The largest absolute Gasteiger partial charge is 1.00 e. The summed E-state index contributed by atoms with van der Waals surface area (Å²) in [5.41, 5.74) is 1.62. The van der Waals surface area contributed by atoms with Gasteiger partial charge in [-0.1, -0.05) is 31.0 Å². The second-order valence-corrected chi connectivity index (χ2v) is 9.10. The molecule has 138 valence electrons. The summed E-state index contributed by atoms with van der Waals surface area (Å²) in [6, 6.07) is 11.8. The van der Waals surface area contributed by atoms with Crippen molar-refractivity contribution in [3.8, 4) is 10.6 Å². The fourth-order valence-corrected chi connectivity index (χ4v) is 4.73. The molecule has 3 rings (SSSR count). The summed E-state index contributed by atoms with van der Waals surface area (Å²) in [7, 11) is -3.51. The Balaban J connectivity index is 0.000000666. The van der Waals surface area contributed by atoms with Gasteiger partial charge in [0, 0.05) is 6.20 Å². The maximum Gasteiger partial charge on any atom is 1.00 e. The van der Waals surface area contributed by atoms with Crippen LogP contribution >= 0.6 is 22.9 Å². The minimum atomic E-state index is -3.51. The maximum atomic E-state index is 12.6. The first-order valence-corrected chi connectivity index (χ1v) is 10.8. The zero-order valence-electron chi connectivity index (χ0n) is 15.6. The monoisotopic (exact) mass is 414 g/mol. The summed E-state index contributed by atoms with van der Waals surface area (Å²) < 4.78 is 25.5. The number of unbranched alkanes of at least 4 members (excludes halogenated alkanes) is 1. The van der Waals surface area contributed by atoms with E-state index < -0.39 is 9.84 Å². The number of hydrogen-bond acceptors (Lipinski definition) is 5. The average Bonchev–Trinajstić information content (AvgIpc) is 3.13. The third-order valence-electron chi connectivity index (χ3n) is 3.41. The number of hydrogen-bond donors (Lipinski definition) is 0. The first kappa shape index (κ1) is 23.9. The van der Waals surface area contributed by atoms with E-state index in [9.17, 15) is 8.42 Å². The molecule has 8 heteroatoms.